The Bertz CT molecular complexity index is 1040. The topological polar surface area (TPSA) is 74.5 Å². The van der Waals surface area contributed by atoms with Crippen molar-refractivity contribution in [2.45, 2.75) is 26.2 Å². The lowest BCUT2D eigenvalue weighted by atomic mass is 10.1. The van der Waals surface area contributed by atoms with Crippen molar-refractivity contribution in [2.75, 3.05) is 5.32 Å². The Kier molecular flexibility index (Phi) is 4.93. The molecule has 1 heterocycles. The first-order valence-electron chi connectivity index (χ1n) is 8.21. The van der Waals surface area contributed by atoms with E-state index in [0.717, 1.165) is 0 Å². The van der Waals surface area contributed by atoms with Gasteiger partial charge in [0.25, 0.3) is 0 Å². The molecule has 5 nitrogen and oxygen atoms in total. The molecule has 0 atom stereocenters. The quantitative estimate of drug-likeness (QED) is 0.441. The molecule has 0 aliphatic heterocycles. The van der Waals surface area contributed by atoms with Gasteiger partial charge in [0.15, 0.2) is 11.6 Å². The van der Waals surface area contributed by atoms with Crippen LogP contribution in [0.15, 0.2) is 36.4 Å². The number of hydrogen-bond donors (Lipinski definition) is 3. The van der Waals surface area contributed by atoms with Crippen LogP contribution >= 0.6 is 0 Å². The molecule has 0 aliphatic rings. The molecule has 0 unspecified atom stereocenters. The highest BCUT2D eigenvalue weighted by molar-refractivity contribution is 5.90. The highest BCUT2D eigenvalue weighted by Crippen LogP contribution is 2.33. The number of halogens is 4. The number of fused-ring (bicyclic) bond motifs is 1. The lowest BCUT2D eigenvalue weighted by Crippen LogP contribution is -2.20. The summed E-state index contributed by atoms with van der Waals surface area (Å²) in [5, 5.41) is 20.2. The number of nitrogens with one attached hydrogen (secondary N) is 1. The van der Waals surface area contributed by atoms with Gasteiger partial charge in [-0.1, -0.05) is 12.1 Å². The number of benzene rings is 2. The fourth-order valence-electron chi connectivity index (χ4n) is 3.20. The first kappa shape index (κ1) is 19.5. The van der Waals surface area contributed by atoms with E-state index in [-0.39, 0.29) is 23.2 Å². The summed E-state index contributed by atoms with van der Waals surface area (Å²) in [5.41, 5.74) is 1.66. The third-order valence-electron chi connectivity index (χ3n) is 4.44. The Morgan fingerprint density at radius 3 is 2.36 bits per heavy atom. The summed E-state index contributed by atoms with van der Waals surface area (Å²) in [6.07, 6.45) is -4.97. The molecule has 28 heavy (non-hydrogen) atoms. The molecule has 0 spiro atoms. The zero-order valence-corrected chi connectivity index (χ0v) is 14.6. The molecule has 0 bridgehead atoms. The van der Waals surface area contributed by atoms with E-state index in [1.807, 2.05) is 0 Å². The molecule has 3 N–H and O–H groups in total. The van der Waals surface area contributed by atoms with Crippen molar-refractivity contribution >= 4 is 22.6 Å². The monoisotopic (exact) mass is 396 g/mol. The number of anilines is 1. The second-order valence-electron chi connectivity index (χ2n) is 6.33. The highest BCUT2D eigenvalue weighted by Gasteiger charge is 2.27. The SMILES string of the molecule is Cc1c(CC(=O)O)c2c(F)c(O)ccc2n1Cc1ccc(NC(F)(F)F)cc1. The van der Waals surface area contributed by atoms with Gasteiger partial charge in [-0.15, -0.1) is 0 Å². The Morgan fingerprint density at radius 1 is 1.14 bits per heavy atom. The number of aliphatic carboxylic acids is 1. The number of rotatable bonds is 5. The molecule has 0 saturated carbocycles. The van der Waals surface area contributed by atoms with Gasteiger partial charge in [-0.25, -0.2) is 4.39 Å². The zero-order chi connectivity index (χ0) is 20.6. The third kappa shape index (κ3) is 3.88. The van der Waals surface area contributed by atoms with E-state index in [2.05, 4.69) is 0 Å². The number of alkyl halides is 3. The molecular weight excluding hydrogens is 380 g/mol. The maximum atomic E-state index is 14.5. The van der Waals surface area contributed by atoms with Crippen LogP contribution in [0.1, 0.15) is 16.8 Å². The van der Waals surface area contributed by atoms with Crippen LogP contribution in [-0.4, -0.2) is 27.0 Å². The van der Waals surface area contributed by atoms with Crippen molar-refractivity contribution in [1.29, 1.82) is 0 Å². The molecule has 3 rings (SSSR count). The van der Waals surface area contributed by atoms with Gasteiger partial charge in [0.2, 0.25) is 0 Å². The smallest absolute Gasteiger partial charge is 0.482 e. The second-order valence-corrected chi connectivity index (χ2v) is 6.33. The van der Waals surface area contributed by atoms with Crippen LogP contribution in [0.3, 0.4) is 0 Å². The molecule has 0 saturated heterocycles. The first-order valence-corrected chi connectivity index (χ1v) is 8.21. The van der Waals surface area contributed by atoms with Gasteiger partial charge in [0, 0.05) is 23.3 Å². The van der Waals surface area contributed by atoms with Gasteiger partial charge in [0.1, 0.15) is 0 Å². The van der Waals surface area contributed by atoms with Crippen LogP contribution in [0.4, 0.5) is 23.2 Å². The summed E-state index contributed by atoms with van der Waals surface area (Å²) in [6.45, 7) is 1.83. The molecule has 2 aromatic carbocycles. The summed E-state index contributed by atoms with van der Waals surface area (Å²) < 4.78 is 53.3. The number of nitrogens with zero attached hydrogens (tertiary/aromatic N) is 1. The minimum atomic E-state index is -4.54. The number of carbonyl (C=O) groups is 1. The fourth-order valence-corrected chi connectivity index (χ4v) is 3.20. The molecule has 0 amide bonds. The molecular formula is C19H16F4N2O3. The van der Waals surface area contributed by atoms with Crippen molar-refractivity contribution in [3.63, 3.8) is 0 Å². The number of aromatic nitrogens is 1. The lowest BCUT2D eigenvalue weighted by molar-refractivity contribution is -0.136. The van der Waals surface area contributed by atoms with Gasteiger partial charge in [-0.3, -0.25) is 10.1 Å². The Labute approximate surface area is 156 Å². The number of phenolic OH excluding ortho intramolecular Hbond substituents is 1. The lowest BCUT2D eigenvalue weighted by Gasteiger charge is -2.12. The van der Waals surface area contributed by atoms with E-state index in [9.17, 15) is 27.5 Å². The van der Waals surface area contributed by atoms with E-state index < -0.39 is 30.3 Å². The van der Waals surface area contributed by atoms with E-state index in [1.165, 1.54) is 41.7 Å². The minimum Gasteiger partial charge on any atom is -0.505 e. The van der Waals surface area contributed by atoms with Gasteiger partial charge in [0.05, 0.1) is 11.9 Å². The van der Waals surface area contributed by atoms with Crippen LogP contribution in [0.25, 0.3) is 10.9 Å². The molecule has 0 fully saturated rings. The molecule has 9 heteroatoms. The van der Waals surface area contributed by atoms with Gasteiger partial charge in [-0.05, 0) is 42.3 Å². The Hall–Kier alpha value is -3.23. The number of carboxylic acids is 1. The second kappa shape index (κ2) is 7.06. The third-order valence-corrected chi connectivity index (χ3v) is 4.44. The highest BCUT2D eigenvalue weighted by atomic mass is 19.4. The predicted molar refractivity (Wildman–Crippen MR) is 94.9 cm³/mol. The van der Waals surface area contributed by atoms with E-state index in [0.29, 0.717) is 16.8 Å². The number of hydrogen-bond acceptors (Lipinski definition) is 3. The predicted octanol–water partition coefficient (Wildman–Crippen LogP) is 4.40. The molecule has 148 valence electrons. The average molecular weight is 396 g/mol. The first-order chi connectivity index (χ1) is 13.1. The summed E-state index contributed by atoms with van der Waals surface area (Å²) in [4.78, 5) is 11.2. The molecule has 3 aromatic rings. The van der Waals surface area contributed by atoms with Crippen molar-refractivity contribution < 1.29 is 32.6 Å². The minimum absolute atomic E-state index is 0.0234. The van der Waals surface area contributed by atoms with Crippen molar-refractivity contribution in [1.82, 2.24) is 4.57 Å². The fraction of sp³-hybridized carbons (Fsp3) is 0.211. The molecule has 0 aliphatic carbocycles. The average Bonchev–Trinajstić information content (AvgIpc) is 2.84. The molecule has 1 aromatic heterocycles. The van der Waals surface area contributed by atoms with E-state index in [1.54, 1.807) is 11.5 Å². The number of phenols is 1. The summed E-state index contributed by atoms with van der Waals surface area (Å²) in [7, 11) is 0. The molecule has 0 radical (unpaired) electrons. The Balaban J connectivity index is 2.03. The van der Waals surface area contributed by atoms with Gasteiger partial charge < -0.3 is 14.8 Å². The van der Waals surface area contributed by atoms with Crippen molar-refractivity contribution in [3.05, 3.63) is 59.0 Å². The normalized spacial score (nSPS) is 11.8. The van der Waals surface area contributed by atoms with Crippen LogP contribution in [0.2, 0.25) is 0 Å². The van der Waals surface area contributed by atoms with Crippen LogP contribution in [-0.2, 0) is 17.8 Å². The Morgan fingerprint density at radius 2 is 1.79 bits per heavy atom. The summed E-state index contributed by atoms with van der Waals surface area (Å²) >= 11 is 0. The summed E-state index contributed by atoms with van der Waals surface area (Å²) in [6, 6.07) is 8.18. The van der Waals surface area contributed by atoms with Crippen LogP contribution < -0.4 is 5.32 Å². The van der Waals surface area contributed by atoms with E-state index >= 15 is 0 Å². The van der Waals surface area contributed by atoms with E-state index in [4.69, 9.17) is 5.11 Å². The summed E-state index contributed by atoms with van der Waals surface area (Å²) in [5.74, 6) is -2.63. The standard InChI is InChI=1S/C19H16F4N2O3/c1-10-13(8-16(27)28)17-14(6-7-15(26)18(17)20)25(10)9-11-2-4-12(5-3-11)24-19(21,22)23/h2-7,24,26H,8-9H2,1H3,(H,27,28). The largest absolute Gasteiger partial charge is 0.505 e. The van der Waals surface area contributed by atoms with Crippen molar-refractivity contribution in [2.24, 2.45) is 0 Å². The van der Waals surface area contributed by atoms with Gasteiger partial charge in [-0.2, -0.15) is 13.2 Å². The number of aromatic hydroxyl groups is 1. The maximum Gasteiger partial charge on any atom is 0.482 e. The van der Waals surface area contributed by atoms with Gasteiger partial charge >= 0.3 is 12.3 Å². The number of carboxylic acid groups (broad SMARTS) is 1. The van der Waals surface area contributed by atoms with Crippen LogP contribution in [0, 0.1) is 12.7 Å². The maximum absolute atomic E-state index is 14.5. The van der Waals surface area contributed by atoms with Crippen LogP contribution in [0.5, 0.6) is 5.75 Å². The van der Waals surface area contributed by atoms with Crippen molar-refractivity contribution in [3.8, 4) is 5.75 Å². The zero-order valence-electron chi connectivity index (χ0n) is 14.6.